The lowest BCUT2D eigenvalue weighted by molar-refractivity contribution is -0.152. The van der Waals surface area contributed by atoms with Gasteiger partial charge in [-0.3, -0.25) is 9.97 Å². The first-order chi connectivity index (χ1) is 39.7. The summed E-state index contributed by atoms with van der Waals surface area (Å²) in [4.78, 5) is 75.3. The summed E-state index contributed by atoms with van der Waals surface area (Å²) in [7, 11) is 6.76. The third-order valence-corrected chi connectivity index (χ3v) is 16.7. The van der Waals surface area contributed by atoms with Crippen LogP contribution in [0.2, 0.25) is 0 Å². The summed E-state index contributed by atoms with van der Waals surface area (Å²) in [6.07, 6.45) is 0.799. The number of pyridine rings is 2. The number of esters is 4. The number of carbonyl (C=O) groups excluding carboxylic acids is 4. The Morgan fingerprint density at radius 1 is 0.429 bits per heavy atom. The standard InChI is InChI=1S/C64H86N6O10S4/c1-39(2)31-51-61(71)77-43(9)57(81)67(11)54(34-42(7)8)64(74)80-56(36-46-23-27-50(28-24-46)76-38-48-20-16-18-30-66-48)60(84)70(14)52(32-40(3)4)62(72)78-44(10)58(82)68(12)53(33-41(5)6)63(73)79-55(59(83)69(51)13)35-45-21-25-49(26-22-45)75-37-47-19-15-17-29-65-47/h15-30,39-44,51-56H,31-38H2,1-14H3. The molecule has 3 heterocycles. The molecular weight excluding hydrogens is 1140 g/mol. The number of benzene rings is 2. The van der Waals surface area contributed by atoms with Crippen LogP contribution >= 0.6 is 48.9 Å². The lowest BCUT2D eigenvalue weighted by atomic mass is 10.00. The molecular formula is C64H86N6O10S4. The average Bonchev–Trinajstić information content (AvgIpc) is 3.49. The second kappa shape index (κ2) is 32.9. The van der Waals surface area contributed by atoms with E-state index in [1.807, 2.05) is 140 Å². The first-order valence-corrected chi connectivity index (χ1v) is 30.5. The van der Waals surface area contributed by atoms with Crippen LogP contribution in [0, 0.1) is 23.7 Å². The molecule has 1 aliphatic rings. The van der Waals surface area contributed by atoms with Crippen LogP contribution in [-0.4, -0.2) is 150 Å². The van der Waals surface area contributed by atoms with Crippen molar-refractivity contribution in [2.24, 2.45) is 23.7 Å². The molecule has 1 aliphatic heterocycles. The average molecular weight is 1230 g/mol. The third kappa shape index (κ3) is 20.5. The van der Waals surface area contributed by atoms with Crippen LogP contribution in [0.4, 0.5) is 0 Å². The smallest absolute Gasteiger partial charge is 0.329 e. The van der Waals surface area contributed by atoms with Gasteiger partial charge in [0.2, 0.25) is 0 Å². The van der Waals surface area contributed by atoms with E-state index in [-0.39, 0.29) is 69.7 Å². The SMILES string of the molecule is CC(C)CC1C(=O)OC(Cc2ccc(OCc3ccccn3)cc2)C(=S)N(C)C(CC(C)C)C(=O)OC(C)C(=S)N(C)C(CC(C)C)C(=O)OC(Cc2ccc(OCc3ccccn3)cc2)C(=S)N(C)C(CC(C)C)C(=O)OC(C)C(=S)N1C. The first-order valence-electron chi connectivity index (χ1n) is 28.9. The Kier molecular flexibility index (Phi) is 26.8. The molecule has 0 spiro atoms. The van der Waals surface area contributed by atoms with Crippen molar-refractivity contribution in [1.29, 1.82) is 0 Å². The van der Waals surface area contributed by atoms with Gasteiger partial charge in [-0.25, -0.2) is 19.2 Å². The Morgan fingerprint density at radius 3 is 0.988 bits per heavy atom. The number of hydrogen-bond donors (Lipinski definition) is 0. The van der Waals surface area contributed by atoms with Gasteiger partial charge in [0.1, 0.15) is 81.0 Å². The van der Waals surface area contributed by atoms with Crippen LogP contribution in [0.15, 0.2) is 97.3 Å². The molecule has 8 atom stereocenters. The van der Waals surface area contributed by atoms with E-state index in [2.05, 4.69) is 9.97 Å². The van der Waals surface area contributed by atoms with E-state index in [0.29, 0.717) is 37.2 Å². The summed E-state index contributed by atoms with van der Waals surface area (Å²) in [5.41, 5.74) is 3.09. The Labute approximate surface area is 519 Å². The summed E-state index contributed by atoms with van der Waals surface area (Å²) in [5.74, 6) is -1.31. The fourth-order valence-electron chi connectivity index (χ4n) is 9.63. The van der Waals surface area contributed by atoms with Crippen LogP contribution in [-0.2, 0) is 64.2 Å². The van der Waals surface area contributed by atoms with Gasteiger partial charge in [-0.05, 0) is 123 Å². The minimum absolute atomic E-state index is 0.0160. The fraction of sp³-hybridized carbons (Fsp3) is 0.531. The topological polar surface area (TPSA) is 162 Å². The molecule has 0 bridgehead atoms. The molecule has 0 saturated carbocycles. The summed E-state index contributed by atoms with van der Waals surface area (Å²) < 4.78 is 37.7. The van der Waals surface area contributed by atoms with Crippen molar-refractivity contribution in [3.63, 3.8) is 0 Å². The lowest BCUT2D eigenvalue weighted by Gasteiger charge is -2.38. The van der Waals surface area contributed by atoms with Crippen molar-refractivity contribution < 1.29 is 47.6 Å². The number of thiocarbonyl (C=S) groups is 4. The van der Waals surface area contributed by atoms with Crippen LogP contribution in [0.25, 0.3) is 0 Å². The zero-order valence-corrected chi connectivity index (χ0v) is 54.5. The molecule has 2 aromatic carbocycles. The minimum Gasteiger partial charge on any atom is -0.487 e. The van der Waals surface area contributed by atoms with E-state index in [4.69, 9.17) is 77.3 Å². The monoisotopic (exact) mass is 1230 g/mol. The number of cyclic esters (lactones) is 4. The second-order valence-corrected chi connectivity index (χ2v) is 25.0. The number of carbonyl (C=O) groups is 4. The first kappa shape index (κ1) is 68.6. The van der Waals surface area contributed by atoms with E-state index >= 15 is 0 Å². The van der Waals surface area contributed by atoms with Crippen molar-refractivity contribution in [2.75, 3.05) is 28.2 Å². The van der Waals surface area contributed by atoms with Crippen LogP contribution in [0.3, 0.4) is 0 Å². The van der Waals surface area contributed by atoms with Gasteiger partial charge in [0.25, 0.3) is 0 Å². The van der Waals surface area contributed by atoms with Crippen molar-refractivity contribution in [3.05, 3.63) is 120 Å². The number of hydrogen-bond acceptors (Lipinski definition) is 16. The Morgan fingerprint density at radius 2 is 0.714 bits per heavy atom. The van der Waals surface area contributed by atoms with E-state index in [9.17, 15) is 19.2 Å². The summed E-state index contributed by atoms with van der Waals surface area (Å²) in [6.45, 7) is 19.7. The molecule has 20 heteroatoms. The maximum absolute atomic E-state index is 15.0. The van der Waals surface area contributed by atoms with Crippen LogP contribution < -0.4 is 9.47 Å². The molecule has 8 unspecified atom stereocenters. The molecule has 0 radical (unpaired) electrons. The molecule has 84 heavy (non-hydrogen) atoms. The third-order valence-electron chi connectivity index (χ3n) is 14.4. The predicted octanol–water partition coefficient (Wildman–Crippen LogP) is 10.8. The molecule has 0 aliphatic carbocycles. The Bertz CT molecular complexity index is 2620. The van der Waals surface area contributed by atoms with Crippen molar-refractivity contribution in [2.45, 2.75) is 170 Å². The zero-order valence-electron chi connectivity index (χ0n) is 51.2. The number of ether oxygens (including phenoxy) is 6. The van der Waals surface area contributed by atoms with Gasteiger partial charge in [0, 0.05) is 53.4 Å². The Hall–Kier alpha value is -6.22. The molecule has 4 aromatic rings. The quantitative estimate of drug-likeness (QED) is 0.0525. The van der Waals surface area contributed by atoms with E-state index in [0.717, 1.165) is 22.5 Å². The molecule has 1 fully saturated rings. The molecule has 456 valence electrons. The number of nitrogens with zero attached hydrogens (tertiary/aromatic N) is 6. The normalized spacial score (nSPS) is 22.5. The van der Waals surface area contributed by atoms with Gasteiger partial charge in [-0.1, -0.05) is 141 Å². The van der Waals surface area contributed by atoms with E-state index < -0.39 is 72.5 Å². The minimum atomic E-state index is -1.07. The fourth-order valence-corrected chi connectivity index (χ4v) is 10.5. The number of aromatic nitrogens is 2. The van der Waals surface area contributed by atoms with Crippen LogP contribution in [0.5, 0.6) is 11.5 Å². The highest BCUT2D eigenvalue weighted by atomic mass is 32.1. The molecule has 5 rings (SSSR count). The molecule has 0 amide bonds. The zero-order chi connectivity index (χ0) is 61.9. The maximum atomic E-state index is 15.0. The summed E-state index contributed by atoms with van der Waals surface area (Å²) in [5, 5.41) is 0. The van der Waals surface area contributed by atoms with Gasteiger partial charge in [-0.2, -0.15) is 0 Å². The summed E-state index contributed by atoms with van der Waals surface area (Å²) >= 11 is 24.7. The highest BCUT2D eigenvalue weighted by molar-refractivity contribution is 7.81. The van der Waals surface area contributed by atoms with Gasteiger partial charge >= 0.3 is 23.9 Å². The lowest BCUT2D eigenvalue weighted by Crippen LogP contribution is -2.54. The molecule has 2 aromatic heterocycles. The second-order valence-electron chi connectivity index (χ2n) is 23.3. The van der Waals surface area contributed by atoms with Gasteiger partial charge in [0.05, 0.1) is 11.4 Å². The van der Waals surface area contributed by atoms with Crippen LogP contribution in [0.1, 0.15) is 117 Å². The van der Waals surface area contributed by atoms with Crippen molar-refractivity contribution in [3.8, 4) is 11.5 Å². The maximum Gasteiger partial charge on any atom is 0.329 e. The van der Waals surface area contributed by atoms with Crippen molar-refractivity contribution in [1.82, 2.24) is 29.6 Å². The van der Waals surface area contributed by atoms with Crippen molar-refractivity contribution >= 4 is 92.7 Å². The number of rotatable bonds is 18. The largest absolute Gasteiger partial charge is 0.487 e. The van der Waals surface area contributed by atoms with E-state index in [1.165, 1.54) is 0 Å². The molecule has 0 N–H and O–H groups in total. The summed E-state index contributed by atoms with van der Waals surface area (Å²) in [6, 6.07) is 22.2. The van der Waals surface area contributed by atoms with Gasteiger partial charge in [0.15, 0.2) is 12.2 Å². The Balaban J connectivity index is 1.57. The highest BCUT2D eigenvalue weighted by Gasteiger charge is 2.40. The van der Waals surface area contributed by atoms with Gasteiger partial charge in [-0.15, -0.1) is 0 Å². The predicted molar refractivity (Wildman–Crippen MR) is 343 cm³/mol. The van der Waals surface area contributed by atoms with E-state index in [1.54, 1.807) is 74.0 Å². The highest BCUT2D eigenvalue weighted by Crippen LogP contribution is 2.27. The van der Waals surface area contributed by atoms with Gasteiger partial charge < -0.3 is 48.0 Å². The molecule has 1 saturated heterocycles. The molecule has 16 nitrogen and oxygen atoms in total. The number of likely N-dealkylation sites (N-methyl/N-ethyl adjacent to an activating group) is 4.